The summed E-state index contributed by atoms with van der Waals surface area (Å²) in [4.78, 5) is 24.4. The number of benzene rings is 1. The molecule has 3 aromatic rings. The Morgan fingerprint density at radius 1 is 1.21 bits per heavy atom. The lowest BCUT2D eigenvalue weighted by atomic mass is 10.1. The minimum absolute atomic E-state index is 0.0776. The fraction of sp³-hybridized carbons (Fsp3) is 0.391. The average molecular weight is 395 g/mol. The predicted octanol–water partition coefficient (Wildman–Crippen LogP) is 3.96. The number of hydrogen-bond donors (Lipinski definition) is 0. The number of ketones is 1. The zero-order chi connectivity index (χ0) is 20.5. The third-order valence-electron chi connectivity index (χ3n) is 5.58. The fourth-order valence-electron chi connectivity index (χ4n) is 3.98. The van der Waals surface area contributed by atoms with E-state index in [9.17, 15) is 9.59 Å². The predicted molar refractivity (Wildman–Crippen MR) is 110 cm³/mol. The summed E-state index contributed by atoms with van der Waals surface area (Å²) in [5, 5.41) is 0.848. The van der Waals surface area contributed by atoms with E-state index >= 15 is 0 Å². The third-order valence-corrected chi connectivity index (χ3v) is 5.58. The van der Waals surface area contributed by atoms with Gasteiger partial charge in [0, 0.05) is 47.6 Å². The van der Waals surface area contributed by atoms with E-state index in [2.05, 4.69) is 4.57 Å². The van der Waals surface area contributed by atoms with E-state index in [1.807, 2.05) is 32.9 Å². The minimum atomic E-state index is -0.401. The second-order valence-corrected chi connectivity index (χ2v) is 7.65. The lowest BCUT2D eigenvalue weighted by Gasteiger charge is -2.14. The van der Waals surface area contributed by atoms with Crippen LogP contribution in [0.2, 0.25) is 0 Å². The number of carbonyl (C=O) groups excluding carboxylic acids is 1. The molecule has 1 atom stereocenters. The number of ether oxygens (including phenoxy) is 2. The maximum atomic E-state index is 12.8. The maximum absolute atomic E-state index is 12.8. The van der Waals surface area contributed by atoms with E-state index in [0.29, 0.717) is 16.9 Å². The molecular formula is C23H25NO5. The molecule has 0 spiro atoms. The molecule has 0 radical (unpaired) electrons. The van der Waals surface area contributed by atoms with Gasteiger partial charge in [-0.1, -0.05) is 0 Å². The summed E-state index contributed by atoms with van der Waals surface area (Å²) in [5.74, 6) is 0.412. The van der Waals surface area contributed by atoms with E-state index in [-0.39, 0.29) is 18.5 Å². The number of aromatic nitrogens is 1. The van der Waals surface area contributed by atoms with Crippen LogP contribution in [-0.4, -0.2) is 29.7 Å². The van der Waals surface area contributed by atoms with E-state index in [1.54, 1.807) is 12.1 Å². The molecule has 1 unspecified atom stereocenters. The molecule has 0 N–H and O–H groups in total. The van der Waals surface area contributed by atoms with Crippen molar-refractivity contribution in [2.75, 3.05) is 13.2 Å². The first-order valence-electron chi connectivity index (χ1n) is 9.91. The summed E-state index contributed by atoms with van der Waals surface area (Å²) >= 11 is 0. The number of rotatable bonds is 6. The Morgan fingerprint density at radius 3 is 2.79 bits per heavy atom. The number of carbonyl (C=O) groups is 1. The highest BCUT2D eigenvalue weighted by Gasteiger charge is 2.21. The van der Waals surface area contributed by atoms with Crippen LogP contribution in [-0.2, 0) is 11.3 Å². The highest BCUT2D eigenvalue weighted by molar-refractivity contribution is 5.98. The largest absolute Gasteiger partial charge is 0.485 e. The number of aryl methyl sites for hydroxylation is 2. The van der Waals surface area contributed by atoms with Crippen LogP contribution in [0.1, 0.15) is 40.2 Å². The van der Waals surface area contributed by atoms with Crippen LogP contribution in [0.3, 0.4) is 0 Å². The molecule has 1 fully saturated rings. The average Bonchev–Trinajstić information content (AvgIpc) is 3.29. The SMILES string of the molecule is Cc1cc(=O)oc2cc(OCC(=O)c3cc(C)n(CC4CCCO4)c3C)ccc12. The highest BCUT2D eigenvalue weighted by Crippen LogP contribution is 2.24. The second kappa shape index (κ2) is 7.87. The van der Waals surface area contributed by atoms with Gasteiger partial charge in [0.15, 0.2) is 6.61 Å². The van der Waals surface area contributed by atoms with E-state index in [0.717, 1.165) is 48.3 Å². The Balaban J connectivity index is 1.48. The Hall–Kier alpha value is -2.86. The molecule has 1 aliphatic heterocycles. The summed E-state index contributed by atoms with van der Waals surface area (Å²) in [6.07, 6.45) is 2.37. The molecule has 1 saturated heterocycles. The van der Waals surface area contributed by atoms with Gasteiger partial charge in [0.2, 0.25) is 5.78 Å². The third kappa shape index (κ3) is 3.98. The summed E-state index contributed by atoms with van der Waals surface area (Å²) in [6, 6.07) is 8.64. The summed E-state index contributed by atoms with van der Waals surface area (Å²) in [5.41, 5.74) is 3.55. The summed E-state index contributed by atoms with van der Waals surface area (Å²) in [7, 11) is 0. The van der Waals surface area contributed by atoms with Gasteiger partial charge in [-0.05, 0) is 57.4 Å². The summed E-state index contributed by atoms with van der Waals surface area (Å²) < 4.78 is 18.8. The normalized spacial score (nSPS) is 16.4. The van der Waals surface area contributed by atoms with E-state index in [4.69, 9.17) is 13.9 Å². The molecular weight excluding hydrogens is 370 g/mol. The lowest BCUT2D eigenvalue weighted by Crippen LogP contribution is -2.18. The van der Waals surface area contributed by atoms with Crippen LogP contribution in [0.15, 0.2) is 39.5 Å². The molecule has 1 aromatic carbocycles. The van der Waals surface area contributed by atoms with Crippen molar-refractivity contribution >= 4 is 16.8 Å². The quantitative estimate of drug-likeness (QED) is 0.467. The first kappa shape index (κ1) is 19.5. The van der Waals surface area contributed by atoms with Gasteiger partial charge >= 0.3 is 5.63 Å². The molecule has 6 heteroatoms. The number of nitrogens with zero attached hydrogens (tertiary/aromatic N) is 1. The van der Waals surface area contributed by atoms with Crippen LogP contribution in [0.4, 0.5) is 0 Å². The molecule has 4 rings (SSSR count). The Kier molecular flexibility index (Phi) is 5.28. The van der Waals surface area contributed by atoms with Crippen molar-refractivity contribution in [3.8, 4) is 5.75 Å². The van der Waals surface area contributed by atoms with Crippen molar-refractivity contribution in [3.05, 3.63) is 63.3 Å². The fourth-order valence-corrected chi connectivity index (χ4v) is 3.98. The molecule has 6 nitrogen and oxygen atoms in total. The molecule has 0 bridgehead atoms. The van der Waals surface area contributed by atoms with Gasteiger partial charge in [-0.3, -0.25) is 4.79 Å². The standard InChI is InChI=1S/C23H25NO5/c1-14-9-23(26)29-22-11-17(6-7-19(14)22)28-13-21(25)20-10-15(2)24(16(20)3)12-18-5-4-8-27-18/h6-7,9-11,18H,4-5,8,12-13H2,1-3H3. The molecule has 0 aliphatic carbocycles. The highest BCUT2D eigenvalue weighted by atomic mass is 16.5. The zero-order valence-corrected chi connectivity index (χ0v) is 17.0. The Bertz CT molecular complexity index is 1120. The number of Topliss-reactive ketones (excluding diaryl/α,β-unsaturated/α-hetero) is 1. The van der Waals surface area contributed by atoms with Crippen molar-refractivity contribution < 1.29 is 18.7 Å². The monoisotopic (exact) mass is 395 g/mol. The Morgan fingerprint density at radius 2 is 2.03 bits per heavy atom. The Labute approximate surface area is 169 Å². The van der Waals surface area contributed by atoms with Crippen LogP contribution in [0.5, 0.6) is 5.75 Å². The van der Waals surface area contributed by atoms with Crippen molar-refractivity contribution in [2.45, 2.75) is 46.3 Å². The topological polar surface area (TPSA) is 70.7 Å². The van der Waals surface area contributed by atoms with E-state index < -0.39 is 5.63 Å². The van der Waals surface area contributed by atoms with Crippen molar-refractivity contribution in [1.29, 1.82) is 0 Å². The molecule has 0 amide bonds. The number of fused-ring (bicyclic) bond motifs is 1. The van der Waals surface area contributed by atoms with Gasteiger partial charge in [-0.15, -0.1) is 0 Å². The van der Waals surface area contributed by atoms with Gasteiger partial charge in [0.25, 0.3) is 0 Å². The van der Waals surface area contributed by atoms with Gasteiger partial charge in [-0.2, -0.15) is 0 Å². The van der Waals surface area contributed by atoms with Gasteiger partial charge in [0.05, 0.1) is 6.10 Å². The minimum Gasteiger partial charge on any atom is -0.485 e. The second-order valence-electron chi connectivity index (χ2n) is 7.65. The zero-order valence-electron chi connectivity index (χ0n) is 17.0. The lowest BCUT2D eigenvalue weighted by molar-refractivity contribution is 0.0914. The van der Waals surface area contributed by atoms with Crippen LogP contribution in [0.25, 0.3) is 11.0 Å². The van der Waals surface area contributed by atoms with Gasteiger partial charge in [0.1, 0.15) is 11.3 Å². The molecule has 152 valence electrons. The van der Waals surface area contributed by atoms with Gasteiger partial charge in [-0.25, -0.2) is 4.79 Å². The first-order valence-corrected chi connectivity index (χ1v) is 9.91. The van der Waals surface area contributed by atoms with Crippen molar-refractivity contribution in [2.24, 2.45) is 0 Å². The van der Waals surface area contributed by atoms with Crippen LogP contribution >= 0.6 is 0 Å². The molecule has 29 heavy (non-hydrogen) atoms. The van der Waals surface area contributed by atoms with Crippen LogP contribution in [0, 0.1) is 20.8 Å². The van der Waals surface area contributed by atoms with Crippen molar-refractivity contribution in [3.63, 3.8) is 0 Å². The van der Waals surface area contributed by atoms with Gasteiger partial charge < -0.3 is 18.5 Å². The van der Waals surface area contributed by atoms with Crippen molar-refractivity contribution in [1.82, 2.24) is 4.57 Å². The molecule has 1 aliphatic rings. The number of hydrogen-bond acceptors (Lipinski definition) is 5. The van der Waals surface area contributed by atoms with Crippen LogP contribution < -0.4 is 10.4 Å². The molecule has 3 heterocycles. The first-order chi connectivity index (χ1) is 13.9. The molecule has 0 saturated carbocycles. The van der Waals surface area contributed by atoms with E-state index in [1.165, 1.54) is 6.07 Å². The smallest absolute Gasteiger partial charge is 0.336 e. The maximum Gasteiger partial charge on any atom is 0.336 e. The summed E-state index contributed by atoms with van der Waals surface area (Å²) in [6.45, 7) is 7.33. The molecule has 2 aromatic heterocycles.